The molecule has 28 heavy (non-hydrogen) atoms. The SMILES string of the molecule is CCN(C)CCNC(=O)/C=C(\C)CC/C=C(\C)CC/C=C(\C)CCC=C(C)C. The number of likely N-dealkylation sites (N-methyl/N-ethyl adjacent to an activating group) is 1. The van der Waals surface area contributed by atoms with E-state index in [0.717, 1.165) is 57.2 Å². The maximum atomic E-state index is 11.9. The molecule has 0 aromatic carbocycles. The molecule has 0 unspecified atom stereocenters. The van der Waals surface area contributed by atoms with Crippen LogP contribution in [0.4, 0.5) is 0 Å². The Balaban J connectivity index is 4.08. The van der Waals surface area contributed by atoms with Gasteiger partial charge in [-0.3, -0.25) is 4.79 Å². The second kappa shape index (κ2) is 16.4. The zero-order valence-electron chi connectivity index (χ0n) is 19.5. The molecular weight excluding hydrogens is 344 g/mol. The van der Waals surface area contributed by atoms with Crippen LogP contribution >= 0.6 is 0 Å². The van der Waals surface area contributed by atoms with Gasteiger partial charge in [0.2, 0.25) is 5.91 Å². The fourth-order valence-electron chi connectivity index (χ4n) is 2.76. The molecule has 0 aliphatic rings. The summed E-state index contributed by atoms with van der Waals surface area (Å²) in [6.45, 7) is 15.5. The quantitative estimate of drug-likeness (QED) is 0.284. The van der Waals surface area contributed by atoms with Crippen LogP contribution in [0.5, 0.6) is 0 Å². The highest BCUT2D eigenvalue weighted by Crippen LogP contribution is 2.13. The standard InChI is InChI=1S/C25H44N2O/c1-8-27(7)19-18-26-25(28)20-24(6)17-11-16-23(5)15-10-14-22(4)13-9-12-21(2)3/h12,14,16,20H,8-11,13,15,17-19H2,1-7H3,(H,26,28)/b22-14+,23-16+,24-20+. The molecule has 0 saturated carbocycles. The number of hydrogen-bond acceptors (Lipinski definition) is 2. The fourth-order valence-corrected chi connectivity index (χ4v) is 2.76. The Morgan fingerprint density at radius 1 is 0.821 bits per heavy atom. The molecule has 0 atom stereocenters. The van der Waals surface area contributed by atoms with Gasteiger partial charge < -0.3 is 10.2 Å². The number of nitrogens with zero attached hydrogens (tertiary/aromatic N) is 1. The molecule has 3 nitrogen and oxygen atoms in total. The monoisotopic (exact) mass is 388 g/mol. The summed E-state index contributed by atoms with van der Waals surface area (Å²) >= 11 is 0. The largest absolute Gasteiger partial charge is 0.351 e. The van der Waals surface area contributed by atoms with Crippen molar-refractivity contribution in [3.8, 4) is 0 Å². The van der Waals surface area contributed by atoms with Gasteiger partial charge in [-0.15, -0.1) is 0 Å². The van der Waals surface area contributed by atoms with E-state index < -0.39 is 0 Å². The molecule has 0 aliphatic heterocycles. The van der Waals surface area contributed by atoms with Gasteiger partial charge in [-0.1, -0.05) is 47.4 Å². The normalized spacial score (nSPS) is 13.1. The van der Waals surface area contributed by atoms with Gasteiger partial charge in [-0.05, 0) is 86.7 Å². The molecule has 0 aromatic heterocycles. The summed E-state index contributed by atoms with van der Waals surface area (Å²) in [5.74, 6) is 0.0245. The number of carbonyl (C=O) groups excluding carboxylic acids is 1. The van der Waals surface area contributed by atoms with Crippen LogP contribution in [0.3, 0.4) is 0 Å². The molecule has 0 heterocycles. The third-order valence-electron chi connectivity index (χ3n) is 4.86. The van der Waals surface area contributed by atoms with E-state index in [0.29, 0.717) is 6.54 Å². The van der Waals surface area contributed by atoms with Crippen LogP contribution in [0.25, 0.3) is 0 Å². The predicted octanol–water partition coefficient (Wildman–Crippen LogP) is 6.20. The number of carbonyl (C=O) groups is 1. The van der Waals surface area contributed by atoms with E-state index in [2.05, 4.69) is 70.1 Å². The van der Waals surface area contributed by atoms with Crippen LogP contribution in [-0.2, 0) is 4.79 Å². The summed E-state index contributed by atoms with van der Waals surface area (Å²) in [4.78, 5) is 14.1. The second-order valence-electron chi connectivity index (χ2n) is 8.18. The topological polar surface area (TPSA) is 32.3 Å². The summed E-state index contributed by atoms with van der Waals surface area (Å²) in [7, 11) is 2.06. The van der Waals surface area contributed by atoms with Gasteiger partial charge in [0.1, 0.15) is 0 Å². The molecule has 1 amide bonds. The molecular formula is C25H44N2O. The lowest BCUT2D eigenvalue weighted by Gasteiger charge is -2.13. The van der Waals surface area contributed by atoms with Crippen LogP contribution in [0.1, 0.15) is 80.1 Å². The van der Waals surface area contributed by atoms with Gasteiger partial charge in [-0.25, -0.2) is 0 Å². The molecule has 0 fully saturated rings. The number of rotatable bonds is 14. The van der Waals surface area contributed by atoms with Gasteiger partial charge in [0, 0.05) is 19.2 Å². The highest BCUT2D eigenvalue weighted by atomic mass is 16.1. The maximum Gasteiger partial charge on any atom is 0.243 e. The van der Waals surface area contributed by atoms with Crippen molar-refractivity contribution in [2.45, 2.75) is 80.1 Å². The number of hydrogen-bond donors (Lipinski definition) is 1. The minimum atomic E-state index is 0.0245. The summed E-state index contributed by atoms with van der Waals surface area (Å²) in [6, 6.07) is 0. The maximum absolute atomic E-state index is 11.9. The van der Waals surface area contributed by atoms with Gasteiger partial charge in [0.15, 0.2) is 0 Å². The summed E-state index contributed by atoms with van der Waals surface area (Å²) in [5.41, 5.74) is 5.46. The lowest BCUT2D eigenvalue weighted by molar-refractivity contribution is -0.116. The van der Waals surface area contributed by atoms with Crippen molar-refractivity contribution in [3.63, 3.8) is 0 Å². The van der Waals surface area contributed by atoms with Crippen molar-refractivity contribution in [3.05, 3.63) is 46.6 Å². The Hall–Kier alpha value is -1.61. The van der Waals surface area contributed by atoms with Gasteiger partial charge in [-0.2, -0.15) is 0 Å². The molecule has 0 radical (unpaired) electrons. The van der Waals surface area contributed by atoms with Crippen molar-refractivity contribution >= 4 is 5.91 Å². The highest BCUT2D eigenvalue weighted by Gasteiger charge is 1.99. The van der Waals surface area contributed by atoms with E-state index in [4.69, 9.17) is 0 Å². The second-order valence-corrected chi connectivity index (χ2v) is 8.18. The van der Waals surface area contributed by atoms with Crippen molar-refractivity contribution in [2.75, 3.05) is 26.7 Å². The van der Waals surface area contributed by atoms with E-state index in [9.17, 15) is 4.79 Å². The Kier molecular flexibility index (Phi) is 15.4. The molecule has 160 valence electrons. The van der Waals surface area contributed by atoms with Crippen molar-refractivity contribution in [2.24, 2.45) is 0 Å². The van der Waals surface area contributed by atoms with Crippen LogP contribution in [-0.4, -0.2) is 37.5 Å². The molecule has 0 aromatic rings. The molecule has 0 saturated heterocycles. The number of nitrogens with one attached hydrogen (secondary N) is 1. The first-order chi connectivity index (χ1) is 13.2. The van der Waals surface area contributed by atoms with E-state index in [1.165, 1.54) is 16.7 Å². The average molecular weight is 389 g/mol. The van der Waals surface area contributed by atoms with Crippen molar-refractivity contribution < 1.29 is 4.79 Å². The van der Waals surface area contributed by atoms with E-state index >= 15 is 0 Å². The summed E-state index contributed by atoms with van der Waals surface area (Å²) in [5, 5.41) is 2.95. The molecule has 1 N–H and O–H groups in total. The Bertz CT molecular complexity index is 563. The Morgan fingerprint density at radius 2 is 1.32 bits per heavy atom. The number of allylic oxidation sites excluding steroid dienone is 7. The van der Waals surface area contributed by atoms with E-state index in [1.54, 1.807) is 6.08 Å². The smallest absolute Gasteiger partial charge is 0.243 e. The van der Waals surface area contributed by atoms with Crippen LogP contribution in [0, 0.1) is 0 Å². The van der Waals surface area contributed by atoms with Crippen molar-refractivity contribution in [1.29, 1.82) is 0 Å². The summed E-state index contributed by atoms with van der Waals surface area (Å²) in [6.07, 6.45) is 15.2. The molecule has 0 spiro atoms. The van der Waals surface area contributed by atoms with Crippen LogP contribution in [0.15, 0.2) is 46.6 Å². The fraction of sp³-hybridized carbons (Fsp3) is 0.640. The lowest BCUT2D eigenvalue weighted by Crippen LogP contribution is -2.32. The molecule has 0 rings (SSSR count). The minimum Gasteiger partial charge on any atom is -0.351 e. The van der Waals surface area contributed by atoms with Crippen molar-refractivity contribution in [1.82, 2.24) is 10.2 Å². The Morgan fingerprint density at radius 3 is 1.82 bits per heavy atom. The summed E-state index contributed by atoms with van der Waals surface area (Å²) < 4.78 is 0. The van der Waals surface area contributed by atoms with Crippen LogP contribution in [0.2, 0.25) is 0 Å². The lowest BCUT2D eigenvalue weighted by atomic mass is 10.0. The first-order valence-electron chi connectivity index (χ1n) is 10.8. The molecule has 0 bridgehead atoms. The number of amides is 1. The predicted molar refractivity (Wildman–Crippen MR) is 125 cm³/mol. The molecule has 3 heteroatoms. The minimum absolute atomic E-state index is 0.0245. The van der Waals surface area contributed by atoms with Crippen LogP contribution < -0.4 is 5.32 Å². The average Bonchev–Trinajstić information content (AvgIpc) is 2.61. The third kappa shape index (κ3) is 16.6. The zero-order chi connectivity index (χ0) is 21.4. The Labute approximate surface area is 174 Å². The first-order valence-corrected chi connectivity index (χ1v) is 10.8. The third-order valence-corrected chi connectivity index (χ3v) is 4.86. The zero-order valence-corrected chi connectivity index (χ0v) is 19.5. The van der Waals surface area contributed by atoms with E-state index in [-0.39, 0.29) is 5.91 Å². The first kappa shape index (κ1) is 26.4. The van der Waals surface area contributed by atoms with Gasteiger partial charge in [0.25, 0.3) is 0 Å². The highest BCUT2D eigenvalue weighted by molar-refractivity contribution is 5.88. The molecule has 0 aliphatic carbocycles. The van der Waals surface area contributed by atoms with E-state index in [1.807, 2.05) is 6.92 Å². The van der Waals surface area contributed by atoms with Gasteiger partial charge >= 0.3 is 0 Å². The van der Waals surface area contributed by atoms with Gasteiger partial charge in [0.05, 0.1) is 0 Å².